The molecule has 0 bridgehead atoms. The highest BCUT2D eigenvalue weighted by Crippen LogP contribution is 2.21. The third-order valence-corrected chi connectivity index (χ3v) is 3.22. The monoisotopic (exact) mass is 332 g/mol. The zero-order valence-corrected chi connectivity index (χ0v) is 12.0. The van der Waals surface area contributed by atoms with Gasteiger partial charge in [0, 0.05) is 28.6 Å². The van der Waals surface area contributed by atoms with Crippen LogP contribution < -0.4 is 0 Å². The molecule has 7 heteroatoms. The Morgan fingerprint density at radius 2 is 2.15 bits per heavy atom. The Morgan fingerprint density at radius 1 is 1.30 bits per heavy atom. The third kappa shape index (κ3) is 2.16. The number of halogens is 1. The van der Waals surface area contributed by atoms with Gasteiger partial charge in [-0.1, -0.05) is 0 Å². The molecule has 20 heavy (non-hydrogen) atoms. The molecule has 3 aromatic rings. The van der Waals surface area contributed by atoms with Crippen LogP contribution in [-0.2, 0) is 4.74 Å². The molecule has 3 heterocycles. The molecular formula is C13H9BrN4O2. The maximum Gasteiger partial charge on any atom is 0.339 e. The number of ether oxygens (including phenoxy) is 1. The number of carbonyl (C=O) groups is 1. The normalized spacial score (nSPS) is 10.7. The van der Waals surface area contributed by atoms with Gasteiger partial charge >= 0.3 is 5.97 Å². The van der Waals surface area contributed by atoms with Crippen molar-refractivity contribution >= 4 is 27.5 Å². The summed E-state index contributed by atoms with van der Waals surface area (Å²) in [5.74, 6) is 0.207. The predicted molar refractivity (Wildman–Crippen MR) is 75.3 cm³/mol. The minimum absolute atomic E-state index is 0.404. The fraction of sp³-hybridized carbons (Fsp3) is 0.0769. The van der Waals surface area contributed by atoms with E-state index < -0.39 is 5.97 Å². The molecule has 3 rings (SSSR count). The smallest absolute Gasteiger partial charge is 0.339 e. The van der Waals surface area contributed by atoms with Crippen LogP contribution in [0.3, 0.4) is 0 Å². The van der Waals surface area contributed by atoms with Crippen molar-refractivity contribution in [3.63, 3.8) is 0 Å². The van der Waals surface area contributed by atoms with E-state index in [4.69, 9.17) is 4.74 Å². The molecule has 0 saturated carbocycles. The second-order valence-corrected chi connectivity index (χ2v) is 4.97. The van der Waals surface area contributed by atoms with E-state index in [1.165, 1.54) is 7.11 Å². The zero-order valence-electron chi connectivity index (χ0n) is 10.4. The molecule has 0 aliphatic rings. The summed E-state index contributed by atoms with van der Waals surface area (Å²) in [7, 11) is 1.35. The van der Waals surface area contributed by atoms with E-state index in [1.807, 2.05) is 6.07 Å². The summed E-state index contributed by atoms with van der Waals surface area (Å²) in [6, 6.07) is 5.25. The molecule has 6 nitrogen and oxygen atoms in total. The van der Waals surface area contributed by atoms with Crippen molar-refractivity contribution in [1.29, 1.82) is 0 Å². The highest BCUT2D eigenvalue weighted by Gasteiger charge is 2.12. The number of carbonyl (C=O) groups excluding carboxylic acids is 1. The predicted octanol–water partition coefficient (Wildman–Crippen LogP) is 2.34. The van der Waals surface area contributed by atoms with Gasteiger partial charge in [0.1, 0.15) is 0 Å². The lowest BCUT2D eigenvalue weighted by Crippen LogP contribution is -2.03. The number of hydrogen-bond acceptors (Lipinski definition) is 5. The number of nitrogens with zero attached hydrogens (tertiary/aromatic N) is 4. The van der Waals surface area contributed by atoms with Crippen LogP contribution in [0.1, 0.15) is 10.4 Å². The summed E-state index contributed by atoms with van der Waals surface area (Å²) in [6.07, 6.45) is 5.02. The van der Waals surface area contributed by atoms with Crippen LogP contribution in [0, 0.1) is 0 Å². The van der Waals surface area contributed by atoms with Crippen LogP contribution in [0.5, 0.6) is 0 Å². The quantitative estimate of drug-likeness (QED) is 0.673. The molecule has 0 aliphatic heterocycles. The average Bonchev–Trinajstić information content (AvgIpc) is 2.89. The van der Waals surface area contributed by atoms with Crippen LogP contribution in [0.4, 0.5) is 0 Å². The van der Waals surface area contributed by atoms with Crippen LogP contribution in [-0.4, -0.2) is 32.7 Å². The number of methoxy groups -OCH3 is 1. The second-order valence-electron chi connectivity index (χ2n) is 4.05. The van der Waals surface area contributed by atoms with Gasteiger partial charge < -0.3 is 4.74 Å². The number of rotatable bonds is 2. The molecule has 0 fully saturated rings. The van der Waals surface area contributed by atoms with E-state index in [1.54, 1.807) is 35.1 Å². The SMILES string of the molecule is COC(=O)c1ccc2nnc(-c3cncc(Br)c3)n2c1. The minimum atomic E-state index is -0.404. The van der Waals surface area contributed by atoms with Gasteiger partial charge in [0.05, 0.1) is 12.7 Å². The Balaban J connectivity index is 2.19. The lowest BCUT2D eigenvalue weighted by atomic mass is 10.2. The first-order valence-corrected chi connectivity index (χ1v) is 6.52. The molecule has 0 spiro atoms. The number of pyridine rings is 2. The van der Waals surface area contributed by atoms with Gasteiger partial charge in [0.15, 0.2) is 11.5 Å². The first-order chi connectivity index (χ1) is 9.69. The van der Waals surface area contributed by atoms with Gasteiger partial charge in [-0.2, -0.15) is 0 Å². The molecule has 3 aromatic heterocycles. The maximum atomic E-state index is 11.6. The largest absolute Gasteiger partial charge is 0.465 e. The fourth-order valence-electron chi connectivity index (χ4n) is 1.86. The molecule has 0 aromatic carbocycles. The molecule has 0 unspecified atom stereocenters. The summed E-state index contributed by atoms with van der Waals surface area (Å²) in [4.78, 5) is 15.7. The Hall–Kier alpha value is -2.28. The molecule has 0 N–H and O–H groups in total. The highest BCUT2D eigenvalue weighted by atomic mass is 79.9. The Morgan fingerprint density at radius 3 is 2.90 bits per heavy atom. The zero-order chi connectivity index (χ0) is 14.1. The second kappa shape index (κ2) is 5.01. The molecule has 100 valence electrons. The van der Waals surface area contributed by atoms with Crippen LogP contribution in [0.25, 0.3) is 17.0 Å². The summed E-state index contributed by atoms with van der Waals surface area (Å²) in [6.45, 7) is 0. The maximum absolute atomic E-state index is 11.6. The lowest BCUT2D eigenvalue weighted by Gasteiger charge is -2.03. The van der Waals surface area contributed by atoms with Gasteiger partial charge in [-0.25, -0.2) is 4.79 Å². The fourth-order valence-corrected chi connectivity index (χ4v) is 2.23. The third-order valence-electron chi connectivity index (χ3n) is 2.79. The summed E-state index contributed by atoms with van der Waals surface area (Å²) >= 11 is 3.37. The molecule has 0 aliphatic carbocycles. The van der Waals surface area contributed by atoms with Crippen molar-refractivity contribution in [2.24, 2.45) is 0 Å². The topological polar surface area (TPSA) is 69.4 Å². The lowest BCUT2D eigenvalue weighted by molar-refractivity contribution is 0.0600. The van der Waals surface area contributed by atoms with Crippen molar-refractivity contribution < 1.29 is 9.53 Å². The van der Waals surface area contributed by atoms with Crippen LogP contribution in [0.15, 0.2) is 41.3 Å². The number of aromatic nitrogens is 4. The van der Waals surface area contributed by atoms with Crippen molar-refractivity contribution in [1.82, 2.24) is 19.6 Å². The summed E-state index contributed by atoms with van der Waals surface area (Å²) < 4.78 is 7.29. The van der Waals surface area contributed by atoms with Crippen LogP contribution in [0.2, 0.25) is 0 Å². The molecule has 0 saturated heterocycles. The number of esters is 1. The van der Waals surface area contributed by atoms with E-state index in [0.717, 1.165) is 10.0 Å². The van der Waals surface area contributed by atoms with E-state index in [2.05, 4.69) is 31.1 Å². The summed E-state index contributed by atoms with van der Waals surface area (Å²) in [5.41, 5.74) is 1.88. The van der Waals surface area contributed by atoms with Crippen molar-refractivity contribution in [2.45, 2.75) is 0 Å². The first kappa shape index (κ1) is 12.7. The average molecular weight is 333 g/mol. The van der Waals surface area contributed by atoms with E-state index in [9.17, 15) is 4.79 Å². The van der Waals surface area contributed by atoms with Gasteiger partial charge in [0.2, 0.25) is 0 Å². The van der Waals surface area contributed by atoms with Gasteiger partial charge in [-0.15, -0.1) is 10.2 Å². The van der Waals surface area contributed by atoms with Crippen LogP contribution >= 0.6 is 15.9 Å². The van der Waals surface area contributed by atoms with Gasteiger partial charge in [-0.05, 0) is 34.1 Å². The molecule has 0 amide bonds. The first-order valence-electron chi connectivity index (χ1n) is 5.73. The molecule has 0 atom stereocenters. The van der Waals surface area contributed by atoms with Crippen molar-refractivity contribution in [2.75, 3.05) is 7.11 Å². The van der Waals surface area contributed by atoms with E-state index in [-0.39, 0.29) is 0 Å². The van der Waals surface area contributed by atoms with Gasteiger partial charge in [0.25, 0.3) is 0 Å². The number of fused-ring (bicyclic) bond motifs is 1. The Bertz CT molecular complexity index is 800. The Kier molecular flexibility index (Phi) is 3.19. The van der Waals surface area contributed by atoms with E-state index >= 15 is 0 Å². The Labute approximate surface area is 122 Å². The number of hydrogen-bond donors (Lipinski definition) is 0. The highest BCUT2D eigenvalue weighted by molar-refractivity contribution is 9.10. The van der Waals surface area contributed by atoms with E-state index in [0.29, 0.717) is 17.0 Å². The van der Waals surface area contributed by atoms with Crippen molar-refractivity contribution in [3.8, 4) is 11.4 Å². The molecular weight excluding hydrogens is 324 g/mol. The summed E-state index contributed by atoms with van der Waals surface area (Å²) in [5, 5.41) is 8.20. The van der Waals surface area contributed by atoms with Gasteiger partial charge in [-0.3, -0.25) is 9.38 Å². The van der Waals surface area contributed by atoms with Crippen molar-refractivity contribution in [3.05, 3.63) is 46.8 Å². The molecule has 0 radical (unpaired) electrons. The minimum Gasteiger partial charge on any atom is -0.465 e. The standard InChI is InChI=1S/C13H9BrN4O2/c1-20-13(19)8-2-3-11-16-17-12(18(11)7-8)9-4-10(14)6-15-5-9/h2-7H,1H3.